The molecule has 1 aromatic carbocycles. The van der Waals surface area contributed by atoms with E-state index >= 15 is 0 Å². The molecule has 0 fully saturated rings. The molecule has 0 bridgehead atoms. The van der Waals surface area contributed by atoms with Crippen molar-refractivity contribution in [2.45, 2.75) is 0 Å². The summed E-state index contributed by atoms with van der Waals surface area (Å²) in [7, 11) is 0. The molecule has 1 heterocycles. The van der Waals surface area contributed by atoms with Gasteiger partial charge in [0.25, 0.3) is 0 Å². The summed E-state index contributed by atoms with van der Waals surface area (Å²) in [5.74, 6) is 5.58. The van der Waals surface area contributed by atoms with Crippen LogP contribution in [0.5, 0.6) is 0 Å². The minimum absolute atomic E-state index is 0.0425. The number of anilines is 3. The van der Waals surface area contributed by atoms with Crippen molar-refractivity contribution in [2.24, 2.45) is 5.84 Å². The third-order valence-corrected chi connectivity index (χ3v) is 3.23. The summed E-state index contributed by atoms with van der Waals surface area (Å²) in [5.41, 5.74) is 3.14. The highest BCUT2D eigenvalue weighted by Crippen LogP contribution is 2.31. The molecule has 0 aliphatic heterocycles. The lowest BCUT2D eigenvalue weighted by molar-refractivity contribution is -0.384. The number of pyridine rings is 1. The smallest absolute Gasteiger partial charge is 0.311 e. The number of rotatable bonds is 4. The number of nitrogens with zero attached hydrogens (tertiary/aromatic N) is 3. The Morgan fingerprint density at radius 3 is 2.71 bits per heavy atom. The number of nitrogens with one attached hydrogen (secondary N) is 2. The van der Waals surface area contributed by atoms with E-state index in [4.69, 9.17) is 11.1 Å². The zero-order chi connectivity index (χ0) is 15.4. The number of hydrogen-bond donors (Lipinski definition) is 3. The summed E-state index contributed by atoms with van der Waals surface area (Å²) >= 11 is 3.29. The van der Waals surface area contributed by atoms with Crippen molar-refractivity contribution in [3.8, 4) is 6.07 Å². The van der Waals surface area contributed by atoms with Crippen molar-refractivity contribution in [1.82, 2.24) is 4.98 Å². The summed E-state index contributed by atoms with van der Waals surface area (Å²) < 4.78 is 0.587. The monoisotopic (exact) mass is 348 g/mol. The summed E-state index contributed by atoms with van der Waals surface area (Å²) in [6.45, 7) is 0. The molecule has 106 valence electrons. The van der Waals surface area contributed by atoms with Gasteiger partial charge < -0.3 is 10.7 Å². The van der Waals surface area contributed by atoms with Crippen LogP contribution in [0.15, 0.2) is 34.8 Å². The lowest BCUT2D eigenvalue weighted by Crippen LogP contribution is -2.10. The first-order valence-corrected chi connectivity index (χ1v) is 6.43. The first kappa shape index (κ1) is 14.7. The van der Waals surface area contributed by atoms with Gasteiger partial charge in [-0.3, -0.25) is 10.1 Å². The third kappa shape index (κ3) is 3.25. The van der Waals surface area contributed by atoms with Gasteiger partial charge in [0, 0.05) is 10.5 Å². The van der Waals surface area contributed by atoms with Crippen molar-refractivity contribution < 1.29 is 4.92 Å². The molecule has 0 aliphatic carbocycles. The van der Waals surface area contributed by atoms with E-state index in [9.17, 15) is 10.1 Å². The molecular weight excluding hydrogens is 340 g/mol. The summed E-state index contributed by atoms with van der Waals surface area (Å²) in [4.78, 5) is 14.5. The Kier molecular flexibility index (Phi) is 4.32. The van der Waals surface area contributed by atoms with Gasteiger partial charge in [0.05, 0.1) is 22.2 Å². The average Bonchev–Trinajstić information content (AvgIpc) is 2.48. The number of hydrogen-bond acceptors (Lipinski definition) is 7. The van der Waals surface area contributed by atoms with Gasteiger partial charge in [0.1, 0.15) is 5.82 Å². The van der Waals surface area contributed by atoms with E-state index in [1.807, 2.05) is 6.07 Å². The standard InChI is InChI=1S/C12H9BrN6O2/c13-8-5-7(6-14)1-2-9(8)16-12-10(19(20)21)3-4-11(17-12)18-15/h1-5H,15H2,(H2,16,17,18). The van der Waals surface area contributed by atoms with Crippen LogP contribution in [-0.4, -0.2) is 9.91 Å². The van der Waals surface area contributed by atoms with Crippen LogP contribution in [0, 0.1) is 21.4 Å². The van der Waals surface area contributed by atoms with E-state index in [1.165, 1.54) is 12.1 Å². The van der Waals surface area contributed by atoms with Crippen LogP contribution >= 0.6 is 15.9 Å². The van der Waals surface area contributed by atoms with E-state index < -0.39 is 4.92 Å². The van der Waals surface area contributed by atoms with Gasteiger partial charge in [-0.25, -0.2) is 10.8 Å². The lowest BCUT2D eigenvalue weighted by atomic mass is 10.2. The van der Waals surface area contributed by atoms with Crippen LogP contribution in [0.25, 0.3) is 0 Å². The summed E-state index contributed by atoms with van der Waals surface area (Å²) in [6.07, 6.45) is 0. The minimum atomic E-state index is -0.548. The van der Waals surface area contributed by atoms with Gasteiger partial charge in [-0.2, -0.15) is 5.26 Å². The van der Waals surface area contributed by atoms with Crippen molar-refractivity contribution in [3.05, 3.63) is 50.5 Å². The van der Waals surface area contributed by atoms with Gasteiger partial charge in [-0.05, 0) is 40.2 Å². The van der Waals surface area contributed by atoms with Crippen LogP contribution in [0.3, 0.4) is 0 Å². The molecular formula is C12H9BrN6O2. The number of nitriles is 1. The Morgan fingerprint density at radius 2 is 2.14 bits per heavy atom. The molecule has 2 rings (SSSR count). The lowest BCUT2D eigenvalue weighted by Gasteiger charge is -2.09. The van der Waals surface area contributed by atoms with Crippen LogP contribution < -0.4 is 16.6 Å². The summed E-state index contributed by atoms with van der Waals surface area (Å²) in [6, 6.07) is 9.50. The average molecular weight is 349 g/mol. The third-order valence-electron chi connectivity index (χ3n) is 2.57. The second kappa shape index (κ2) is 6.17. The van der Waals surface area contributed by atoms with Crippen molar-refractivity contribution in [3.63, 3.8) is 0 Å². The Hall–Kier alpha value is -2.70. The van der Waals surface area contributed by atoms with Gasteiger partial charge >= 0.3 is 5.69 Å². The number of aromatic nitrogens is 1. The number of nitro groups is 1. The fourth-order valence-corrected chi connectivity index (χ4v) is 2.06. The van der Waals surface area contributed by atoms with E-state index in [2.05, 4.69) is 31.7 Å². The molecule has 0 spiro atoms. The molecule has 8 nitrogen and oxygen atoms in total. The van der Waals surface area contributed by atoms with Crippen molar-refractivity contribution in [2.75, 3.05) is 10.7 Å². The largest absolute Gasteiger partial charge is 0.333 e. The normalized spacial score (nSPS) is 9.76. The van der Waals surface area contributed by atoms with Crippen LogP contribution in [-0.2, 0) is 0 Å². The first-order valence-electron chi connectivity index (χ1n) is 5.64. The number of benzene rings is 1. The molecule has 0 saturated heterocycles. The molecule has 9 heteroatoms. The number of hydrazine groups is 1. The Balaban J connectivity index is 2.43. The first-order chi connectivity index (χ1) is 10.0. The maximum Gasteiger partial charge on any atom is 0.311 e. The molecule has 0 amide bonds. The highest BCUT2D eigenvalue weighted by atomic mass is 79.9. The van der Waals surface area contributed by atoms with E-state index in [-0.39, 0.29) is 17.3 Å². The van der Waals surface area contributed by atoms with E-state index in [0.717, 1.165) is 0 Å². The molecule has 0 atom stereocenters. The predicted octanol–water partition coefficient (Wildman–Crippen LogP) is 2.65. The fourth-order valence-electron chi connectivity index (χ4n) is 1.59. The molecule has 0 unspecified atom stereocenters. The Bertz CT molecular complexity index is 743. The zero-order valence-corrected chi connectivity index (χ0v) is 12.1. The SMILES string of the molecule is N#Cc1ccc(Nc2nc(NN)ccc2[N+](=O)[O-])c(Br)c1. The Morgan fingerprint density at radius 1 is 1.38 bits per heavy atom. The van der Waals surface area contributed by atoms with Crippen molar-refractivity contribution in [1.29, 1.82) is 5.26 Å². The number of halogens is 1. The van der Waals surface area contributed by atoms with Gasteiger partial charge in [0.15, 0.2) is 0 Å². The molecule has 0 saturated carbocycles. The predicted molar refractivity (Wildman–Crippen MR) is 80.8 cm³/mol. The number of nitrogens with two attached hydrogens (primary N) is 1. The minimum Gasteiger partial charge on any atom is -0.333 e. The quantitative estimate of drug-likeness (QED) is 0.439. The zero-order valence-electron chi connectivity index (χ0n) is 10.5. The maximum absolute atomic E-state index is 11.0. The van der Waals surface area contributed by atoms with Crippen LogP contribution in [0.1, 0.15) is 5.56 Å². The Labute approximate surface area is 127 Å². The molecule has 4 N–H and O–H groups in total. The molecule has 21 heavy (non-hydrogen) atoms. The van der Waals surface area contributed by atoms with E-state index in [1.54, 1.807) is 18.2 Å². The van der Waals surface area contributed by atoms with Gasteiger partial charge in [-0.15, -0.1) is 0 Å². The van der Waals surface area contributed by atoms with Gasteiger partial charge in [-0.1, -0.05) is 0 Å². The molecule has 1 aromatic heterocycles. The maximum atomic E-state index is 11.0. The highest BCUT2D eigenvalue weighted by molar-refractivity contribution is 9.10. The second-order valence-corrected chi connectivity index (χ2v) is 4.75. The van der Waals surface area contributed by atoms with Crippen LogP contribution in [0.4, 0.5) is 23.0 Å². The molecule has 0 aliphatic rings. The number of nitrogen functional groups attached to an aromatic ring is 1. The van der Waals surface area contributed by atoms with Gasteiger partial charge in [0.2, 0.25) is 5.82 Å². The summed E-state index contributed by atoms with van der Waals surface area (Å²) in [5, 5.41) is 22.7. The van der Waals surface area contributed by atoms with E-state index in [0.29, 0.717) is 15.7 Å². The topological polar surface area (TPSA) is 130 Å². The molecule has 2 aromatic rings. The van der Waals surface area contributed by atoms with Crippen molar-refractivity contribution >= 4 is 38.9 Å². The highest BCUT2D eigenvalue weighted by Gasteiger charge is 2.17. The second-order valence-electron chi connectivity index (χ2n) is 3.90. The molecule has 0 radical (unpaired) electrons. The van der Waals surface area contributed by atoms with Crippen LogP contribution in [0.2, 0.25) is 0 Å². The fraction of sp³-hybridized carbons (Fsp3) is 0.